The van der Waals surface area contributed by atoms with Crippen LogP contribution in [0.15, 0.2) is 24.3 Å². The highest BCUT2D eigenvalue weighted by Gasteiger charge is 2.24. The van der Waals surface area contributed by atoms with Crippen LogP contribution in [0.5, 0.6) is 0 Å². The second-order valence-corrected chi connectivity index (χ2v) is 7.38. The second-order valence-electron chi connectivity index (χ2n) is 5.47. The number of methoxy groups -OCH3 is 1. The maximum absolute atomic E-state index is 12.1. The Balaban J connectivity index is 3.05. The lowest BCUT2D eigenvalue weighted by molar-refractivity contribution is -0.121. The molecule has 0 radical (unpaired) electrons. The van der Waals surface area contributed by atoms with E-state index in [2.05, 4.69) is 5.32 Å². The van der Waals surface area contributed by atoms with Crippen LogP contribution < -0.4 is 9.62 Å². The van der Waals surface area contributed by atoms with E-state index in [0.717, 1.165) is 17.0 Å². The van der Waals surface area contributed by atoms with Crippen LogP contribution in [-0.2, 0) is 19.6 Å². The Kier molecular flexibility index (Phi) is 7.21. The van der Waals surface area contributed by atoms with Gasteiger partial charge in [-0.2, -0.15) is 0 Å². The summed E-state index contributed by atoms with van der Waals surface area (Å²) in [4.78, 5) is 23.8. The molecular weight excluding hydrogens is 332 g/mol. The molecule has 0 heterocycles. The summed E-state index contributed by atoms with van der Waals surface area (Å²) in [5, 5.41) is 2.78. The molecule has 1 unspecified atom stereocenters. The summed E-state index contributed by atoms with van der Waals surface area (Å²) in [7, 11) is -2.44. The first-order chi connectivity index (χ1) is 11.2. The summed E-state index contributed by atoms with van der Waals surface area (Å²) in [6.07, 6.45) is 1.81. The molecule has 1 aromatic carbocycles. The fraction of sp³-hybridized carbons (Fsp3) is 0.500. The van der Waals surface area contributed by atoms with Crippen LogP contribution in [0, 0.1) is 0 Å². The van der Waals surface area contributed by atoms with E-state index >= 15 is 0 Å². The fourth-order valence-corrected chi connectivity index (χ4v) is 3.03. The summed E-state index contributed by atoms with van der Waals surface area (Å²) in [5.41, 5.74) is 0.330. The minimum absolute atomic E-state index is 0.00703. The van der Waals surface area contributed by atoms with Gasteiger partial charge < -0.3 is 10.1 Å². The molecule has 0 saturated carbocycles. The molecule has 1 atom stereocenters. The van der Waals surface area contributed by atoms with E-state index in [1.807, 2.05) is 13.8 Å². The van der Waals surface area contributed by atoms with Gasteiger partial charge in [0, 0.05) is 19.0 Å². The Bertz CT molecular complexity index is 687. The summed E-state index contributed by atoms with van der Waals surface area (Å²) in [6.45, 7) is 3.76. The Labute approximate surface area is 143 Å². The van der Waals surface area contributed by atoms with E-state index in [1.165, 1.54) is 19.2 Å². The number of carbonyl (C=O) groups excluding carboxylic acids is 2. The number of sulfonamides is 1. The molecule has 0 saturated heterocycles. The van der Waals surface area contributed by atoms with Gasteiger partial charge in [0.15, 0.2) is 0 Å². The highest BCUT2D eigenvalue weighted by Crippen LogP contribution is 2.24. The van der Waals surface area contributed by atoms with Crippen LogP contribution in [0.2, 0.25) is 0 Å². The van der Waals surface area contributed by atoms with Gasteiger partial charge >= 0.3 is 5.97 Å². The number of amides is 1. The largest absolute Gasteiger partial charge is 0.465 e. The molecule has 0 aliphatic carbocycles. The van der Waals surface area contributed by atoms with E-state index in [-0.39, 0.29) is 36.2 Å². The van der Waals surface area contributed by atoms with Gasteiger partial charge in [-0.25, -0.2) is 13.2 Å². The standard InChI is InChI=1S/C16H24N2O5S/c1-5-12(2)17-15(19)10-11-18(24(4,21)22)14-9-7-6-8-13(14)16(20)23-3/h6-9,12H,5,10-11H2,1-4H3,(H,17,19). The van der Waals surface area contributed by atoms with E-state index in [4.69, 9.17) is 4.74 Å². The first-order valence-electron chi connectivity index (χ1n) is 7.65. The number of benzene rings is 1. The van der Waals surface area contributed by atoms with E-state index in [1.54, 1.807) is 12.1 Å². The van der Waals surface area contributed by atoms with Crippen LogP contribution >= 0.6 is 0 Å². The third-order valence-electron chi connectivity index (χ3n) is 3.54. The third-order valence-corrected chi connectivity index (χ3v) is 4.72. The van der Waals surface area contributed by atoms with Crippen molar-refractivity contribution in [3.63, 3.8) is 0 Å². The van der Waals surface area contributed by atoms with Crippen LogP contribution in [0.25, 0.3) is 0 Å². The monoisotopic (exact) mass is 356 g/mol. The zero-order chi connectivity index (χ0) is 18.3. The SMILES string of the molecule is CCC(C)NC(=O)CCN(c1ccccc1C(=O)OC)S(C)(=O)=O. The molecule has 1 aromatic rings. The first kappa shape index (κ1) is 20.0. The number of hydrogen-bond donors (Lipinski definition) is 1. The molecule has 0 bridgehead atoms. The number of ether oxygens (including phenoxy) is 1. The fourth-order valence-electron chi connectivity index (χ4n) is 2.09. The quantitative estimate of drug-likeness (QED) is 0.713. The number of anilines is 1. The van der Waals surface area contributed by atoms with E-state index in [9.17, 15) is 18.0 Å². The maximum Gasteiger partial charge on any atom is 0.340 e. The van der Waals surface area contributed by atoms with E-state index < -0.39 is 16.0 Å². The molecule has 0 aliphatic rings. The van der Waals surface area contributed by atoms with Gasteiger partial charge in [0.1, 0.15) is 0 Å². The minimum atomic E-state index is -3.67. The number of esters is 1. The van der Waals surface area contributed by atoms with Gasteiger partial charge in [-0.1, -0.05) is 19.1 Å². The van der Waals surface area contributed by atoms with Gasteiger partial charge in [0.25, 0.3) is 0 Å². The zero-order valence-corrected chi connectivity index (χ0v) is 15.2. The molecule has 0 aromatic heterocycles. The highest BCUT2D eigenvalue weighted by molar-refractivity contribution is 7.92. The Morgan fingerprint density at radius 3 is 2.46 bits per heavy atom. The predicted molar refractivity (Wildman–Crippen MR) is 92.5 cm³/mol. The second kappa shape index (κ2) is 8.68. The molecule has 8 heteroatoms. The number of nitrogens with zero attached hydrogens (tertiary/aromatic N) is 1. The first-order valence-corrected chi connectivity index (χ1v) is 9.50. The number of para-hydroxylation sites is 1. The average molecular weight is 356 g/mol. The minimum Gasteiger partial charge on any atom is -0.465 e. The van der Waals surface area contributed by atoms with Gasteiger partial charge in [-0.15, -0.1) is 0 Å². The van der Waals surface area contributed by atoms with Gasteiger partial charge in [0.05, 0.1) is 24.6 Å². The number of rotatable bonds is 8. The topological polar surface area (TPSA) is 92.8 Å². The Hall–Kier alpha value is -2.09. The molecular formula is C16H24N2O5S. The Morgan fingerprint density at radius 1 is 1.29 bits per heavy atom. The molecule has 24 heavy (non-hydrogen) atoms. The molecule has 0 spiro atoms. The lowest BCUT2D eigenvalue weighted by Crippen LogP contribution is -2.37. The summed E-state index contributed by atoms with van der Waals surface area (Å²) < 4.78 is 30.0. The van der Waals surface area contributed by atoms with Crippen LogP contribution in [0.3, 0.4) is 0 Å². The highest BCUT2D eigenvalue weighted by atomic mass is 32.2. The number of hydrogen-bond acceptors (Lipinski definition) is 5. The molecule has 1 amide bonds. The molecule has 134 valence electrons. The van der Waals surface area contributed by atoms with Crippen molar-refractivity contribution in [1.82, 2.24) is 5.32 Å². The molecule has 0 aliphatic heterocycles. The van der Waals surface area contributed by atoms with Crippen molar-refractivity contribution >= 4 is 27.6 Å². The lowest BCUT2D eigenvalue weighted by Gasteiger charge is -2.24. The predicted octanol–water partition coefficient (Wildman–Crippen LogP) is 1.54. The molecule has 1 rings (SSSR count). The van der Waals surface area contributed by atoms with Crippen molar-refractivity contribution in [3.05, 3.63) is 29.8 Å². The van der Waals surface area contributed by atoms with Crippen molar-refractivity contribution in [1.29, 1.82) is 0 Å². The van der Waals surface area contributed by atoms with Crippen molar-refractivity contribution in [2.45, 2.75) is 32.7 Å². The van der Waals surface area contributed by atoms with Crippen molar-refractivity contribution in [3.8, 4) is 0 Å². The molecule has 0 fully saturated rings. The van der Waals surface area contributed by atoms with E-state index in [0.29, 0.717) is 0 Å². The van der Waals surface area contributed by atoms with Crippen molar-refractivity contribution in [2.24, 2.45) is 0 Å². The van der Waals surface area contributed by atoms with Gasteiger partial charge in [0.2, 0.25) is 15.9 Å². The molecule has 7 nitrogen and oxygen atoms in total. The number of nitrogens with one attached hydrogen (secondary N) is 1. The van der Waals surface area contributed by atoms with Crippen molar-refractivity contribution < 1.29 is 22.7 Å². The average Bonchev–Trinajstić information content (AvgIpc) is 2.53. The van der Waals surface area contributed by atoms with Crippen LogP contribution in [-0.4, -0.2) is 46.2 Å². The Morgan fingerprint density at radius 2 is 1.92 bits per heavy atom. The normalized spacial score (nSPS) is 12.3. The smallest absolute Gasteiger partial charge is 0.340 e. The number of carbonyl (C=O) groups is 2. The maximum atomic E-state index is 12.1. The molecule has 1 N–H and O–H groups in total. The summed E-state index contributed by atoms with van der Waals surface area (Å²) in [6, 6.07) is 6.26. The summed E-state index contributed by atoms with van der Waals surface area (Å²) in [5.74, 6) is -0.878. The lowest BCUT2D eigenvalue weighted by atomic mass is 10.1. The van der Waals surface area contributed by atoms with Crippen LogP contribution in [0.1, 0.15) is 37.0 Å². The van der Waals surface area contributed by atoms with Crippen molar-refractivity contribution in [2.75, 3.05) is 24.2 Å². The summed E-state index contributed by atoms with van der Waals surface area (Å²) >= 11 is 0. The van der Waals surface area contributed by atoms with Crippen LogP contribution in [0.4, 0.5) is 5.69 Å². The zero-order valence-electron chi connectivity index (χ0n) is 14.4. The van der Waals surface area contributed by atoms with Gasteiger partial charge in [-0.05, 0) is 25.5 Å². The van der Waals surface area contributed by atoms with Gasteiger partial charge in [-0.3, -0.25) is 9.10 Å². The third kappa shape index (κ3) is 5.52.